The summed E-state index contributed by atoms with van der Waals surface area (Å²) in [5.74, 6) is -0.0589. The normalized spacial score (nSPS) is 25.4. The van der Waals surface area contributed by atoms with Gasteiger partial charge in [-0.1, -0.05) is 25.4 Å². The maximum absolute atomic E-state index is 11.8. The van der Waals surface area contributed by atoms with E-state index in [0.717, 1.165) is 18.6 Å². The van der Waals surface area contributed by atoms with Gasteiger partial charge < -0.3 is 9.57 Å². The van der Waals surface area contributed by atoms with E-state index in [1.807, 2.05) is 0 Å². The number of hydrogen-bond acceptors (Lipinski definition) is 5. The Morgan fingerprint density at radius 1 is 1.65 bits per heavy atom. The van der Waals surface area contributed by atoms with Gasteiger partial charge in [-0.05, 0) is 26.4 Å². The molecule has 0 saturated carbocycles. The molecule has 17 heavy (non-hydrogen) atoms. The lowest BCUT2D eigenvalue weighted by atomic mass is 9.93. The number of nitrogens with zero attached hydrogens (tertiary/aromatic N) is 2. The molecule has 1 aliphatic rings. The highest BCUT2D eigenvalue weighted by atomic mass is 16.7. The Kier molecular flexibility index (Phi) is 4.51. The summed E-state index contributed by atoms with van der Waals surface area (Å²) >= 11 is 0. The maximum atomic E-state index is 11.8. The van der Waals surface area contributed by atoms with Crippen LogP contribution in [0.1, 0.15) is 33.1 Å². The molecule has 0 spiro atoms. The zero-order valence-electron chi connectivity index (χ0n) is 11.3. The second-order valence-electron chi connectivity index (χ2n) is 4.71. The smallest absolute Gasteiger partial charge is 0.369 e. The molecule has 0 fully saturated rings. The summed E-state index contributed by atoms with van der Waals surface area (Å²) in [6.07, 6.45) is 2.62. The number of rotatable bonds is 5. The Bertz CT molecular complexity index is 315. The van der Waals surface area contributed by atoms with Crippen LogP contribution in [-0.4, -0.2) is 43.5 Å². The Labute approximate surface area is 103 Å². The van der Waals surface area contributed by atoms with E-state index in [2.05, 4.69) is 19.0 Å². The van der Waals surface area contributed by atoms with Crippen molar-refractivity contribution in [2.45, 2.75) is 38.8 Å². The average molecular weight is 242 g/mol. The maximum Gasteiger partial charge on any atom is 0.369 e. The van der Waals surface area contributed by atoms with Crippen LogP contribution in [-0.2, 0) is 14.4 Å². The molecule has 5 heteroatoms. The van der Waals surface area contributed by atoms with E-state index in [-0.39, 0.29) is 0 Å². The molecule has 0 bridgehead atoms. The molecule has 5 nitrogen and oxygen atoms in total. The number of ether oxygens (including phenoxy) is 1. The highest BCUT2D eigenvalue weighted by molar-refractivity contribution is 5.94. The highest BCUT2D eigenvalue weighted by Crippen LogP contribution is 2.31. The Hall–Kier alpha value is -1.10. The van der Waals surface area contributed by atoms with Gasteiger partial charge >= 0.3 is 5.97 Å². The van der Waals surface area contributed by atoms with Crippen molar-refractivity contribution in [3.05, 3.63) is 0 Å². The predicted octanol–water partition coefficient (Wildman–Crippen LogP) is 1.63. The first-order chi connectivity index (χ1) is 7.97. The van der Waals surface area contributed by atoms with E-state index in [9.17, 15) is 4.79 Å². The van der Waals surface area contributed by atoms with Crippen LogP contribution in [0.2, 0.25) is 0 Å². The van der Waals surface area contributed by atoms with Crippen molar-refractivity contribution in [1.82, 2.24) is 4.90 Å². The van der Waals surface area contributed by atoms with E-state index < -0.39 is 11.7 Å². The standard InChI is InChI=1S/C12H22N2O3/c1-6-7-9(2)10-8-12(14(3)4,17-13-10)11(15)16-5/h9H,6-8H2,1-5H3. The zero-order valence-corrected chi connectivity index (χ0v) is 11.3. The van der Waals surface area contributed by atoms with Gasteiger partial charge in [-0.15, -0.1) is 0 Å². The minimum atomic E-state index is -1.08. The average Bonchev–Trinajstić information content (AvgIpc) is 2.74. The number of methoxy groups -OCH3 is 1. The summed E-state index contributed by atoms with van der Waals surface area (Å²) in [4.78, 5) is 18.9. The molecule has 0 aliphatic carbocycles. The summed E-state index contributed by atoms with van der Waals surface area (Å²) in [5, 5.41) is 4.07. The van der Waals surface area contributed by atoms with Crippen LogP contribution in [0, 0.1) is 5.92 Å². The minimum absolute atomic E-state index is 0.339. The summed E-state index contributed by atoms with van der Waals surface area (Å²) in [5.41, 5.74) is -0.141. The third-order valence-corrected chi connectivity index (χ3v) is 3.25. The molecule has 2 atom stereocenters. The second kappa shape index (κ2) is 5.49. The number of carbonyl (C=O) groups is 1. The molecular formula is C12H22N2O3. The van der Waals surface area contributed by atoms with Crippen molar-refractivity contribution in [2.24, 2.45) is 11.1 Å². The molecule has 0 N–H and O–H groups in total. The van der Waals surface area contributed by atoms with E-state index in [0.29, 0.717) is 12.3 Å². The first-order valence-electron chi connectivity index (χ1n) is 5.98. The summed E-state index contributed by atoms with van der Waals surface area (Å²) in [7, 11) is 4.95. The molecule has 0 amide bonds. The Balaban J connectivity index is 2.80. The van der Waals surface area contributed by atoms with Crippen molar-refractivity contribution < 1.29 is 14.4 Å². The molecule has 0 radical (unpaired) electrons. The van der Waals surface area contributed by atoms with Crippen molar-refractivity contribution in [1.29, 1.82) is 0 Å². The van der Waals surface area contributed by atoms with Gasteiger partial charge in [0.25, 0.3) is 5.72 Å². The summed E-state index contributed by atoms with van der Waals surface area (Å²) in [6.45, 7) is 4.24. The fourth-order valence-corrected chi connectivity index (χ4v) is 2.00. The molecule has 98 valence electrons. The first kappa shape index (κ1) is 14.0. The second-order valence-corrected chi connectivity index (χ2v) is 4.71. The molecule has 1 aliphatic heterocycles. The monoisotopic (exact) mass is 242 g/mol. The van der Waals surface area contributed by atoms with Crippen molar-refractivity contribution in [3.63, 3.8) is 0 Å². The van der Waals surface area contributed by atoms with Gasteiger partial charge in [0.15, 0.2) is 0 Å². The fourth-order valence-electron chi connectivity index (χ4n) is 2.00. The number of hydrogen-bond donors (Lipinski definition) is 0. The van der Waals surface area contributed by atoms with Gasteiger partial charge in [0, 0.05) is 0 Å². The summed E-state index contributed by atoms with van der Waals surface area (Å²) < 4.78 is 4.81. The lowest BCUT2D eigenvalue weighted by Crippen LogP contribution is -2.52. The molecule has 0 aromatic rings. The van der Waals surface area contributed by atoms with Crippen LogP contribution in [0.15, 0.2) is 5.16 Å². The first-order valence-corrected chi connectivity index (χ1v) is 5.98. The van der Waals surface area contributed by atoms with Crippen LogP contribution >= 0.6 is 0 Å². The molecule has 0 saturated heterocycles. The molecule has 1 rings (SSSR count). The third-order valence-electron chi connectivity index (χ3n) is 3.25. The van der Waals surface area contributed by atoms with Gasteiger partial charge in [0.2, 0.25) is 0 Å². The van der Waals surface area contributed by atoms with Crippen LogP contribution in [0.4, 0.5) is 0 Å². The van der Waals surface area contributed by atoms with Crippen LogP contribution in [0.25, 0.3) is 0 Å². The minimum Gasteiger partial charge on any atom is -0.465 e. The van der Waals surface area contributed by atoms with Crippen LogP contribution < -0.4 is 0 Å². The zero-order chi connectivity index (χ0) is 13.1. The van der Waals surface area contributed by atoms with Crippen LogP contribution in [0.5, 0.6) is 0 Å². The molecule has 0 aromatic heterocycles. The van der Waals surface area contributed by atoms with E-state index in [1.165, 1.54) is 7.11 Å². The van der Waals surface area contributed by atoms with E-state index in [1.54, 1.807) is 19.0 Å². The molecule has 2 unspecified atom stereocenters. The highest BCUT2D eigenvalue weighted by Gasteiger charge is 2.50. The van der Waals surface area contributed by atoms with Crippen molar-refractivity contribution >= 4 is 11.7 Å². The predicted molar refractivity (Wildman–Crippen MR) is 65.6 cm³/mol. The molecule has 1 heterocycles. The van der Waals surface area contributed by atoms with E-state index >= 15 is 0 Å². The van der Waals surface area contributed by atoms with Gasteiger partial charge in [-0.25, -0.2) is 4.79 Å². The van der Waals surface area contributed by atoms with Crippen molar-refractivity contribution in [3.8, 4) is 0 Å². The largest absolute Gasteiger partial charge is 0.465 e. The lowest BCUT2D eigenvalue weighted by Gasteiger charge is -2.30. The number of carbonyl (C=O) groups excluding carboxylic acids is 1. The summed E-state index contributed by atoms with van der Waals surface area (Å²) in [6, 6.07) is 0. The lowest BCUT2D eigenvalue weighted by molar-refractivity contribution is -0.188. The van der Waals surface area contributed by atoms with Gasteiger partial charge in [-0.2, -0.15) is 0 Å². The Morgan fingerprint density at radius 3 is 2.76 bits per heavy atom. The quantitative estimate of drug-likeness (QED) is 0.688. The van der Waals surface area contributed by atoms with Gasteiger partial charge in [-0.3, -0.25) is 4.90 Å². The SMILES string of the molecule is CCCC(C)C1=NOC(C(=O)OC)(N(C)C)C1. The van der Waals surface area contributed by atoms with E-state index in [4.69, 9.17) is 9.57 Å². The fraction of sp³-hybridized carbons (Fsp3) is 0.833. The van der Waals surface area contributed by atoms with Gasteiger partial charge in [0.05, 0.1) is 19.2 Å². The molecule has 0 aromatic carbocycles. The molecular weight excluding hydrogens is 220 g/mol. The van der Waals surface area contributed by atoms with Gasteiger partial charge in [0.1, 0.15) is 0 Å². The number of esters is 1. The number of likely N-dealkylation sites (N-methyl/N-ethyl adjacent to an activating group) is 1. The van der Waals surface area contributed by atoms with Crippen LogP contribution in [0.3, 0.4) is 0 Å². The Morgan fingerprint density at radius 2 is 2.29 bits per heavy atom. The topological polar surface area (TPSA) is 51.1 Å². The number of oxime groups is 1. The van der Waals surface area contributed by atoms with Crippen molar-refractivity contribution in [2.75, 3.05) is 21.2 Å². The third kappa shape index (κ3) is 2.60.